The van der Waals surface area contributed by atoms with E-state index in [1.54, 1.807) is 0 Å². The van der Waals surface area contributed by atoms with E-state index in [-0.39, 0.29) is 11.9 Å². The molecule has 2 heterocycles. The van der Waals surface area contributed by atoms with Crippen molar-refractivity contribution in [2.75, 3.05) is 5.32 Å². The second-order valence-electron chi connectivity index (χ2n) is 6.44. The molecular formula is C21H16N4O. The number of aromatic nitrogens is 3. The lowest BCUT2D eigenvalue weighted by Crippen LogP contribution is -2.29. The van der Waals surface area contributed by atoms with Crippen LogP contribution in [0.25, 0.3) is 22.2 Å². The lowest BCUT2D eigenvalue weighted by Gasteiger charge is -2.23. The molecule has 1 atom stereocenters. The zero-order valence-corrected chi connectivity index (χ0v) is 14.0. The van der Waals surface area contributed by atoms with E-state index in [9.17, 15) is 4.79 Å². The van der Waals surface area contributed by atoms with Gasteiger partial charge in [-0.25, -0.2) is 4.68 Å². The van der Waals surface area contributed by atoms with Crippen LogP contribution in [0.5, 0.6) is 0 Å². The number of anilines is 1. The minimum atomic E-state index is -0.137. The van der Waals surface area contributed by atoms with Crippen LogP contribution >= 0.6 is 0 Å². The van der Waals surface area contributed by atoms with Gasteiger partial charge < -0.3 is 0 Å². The third-order valence-electron chi connectivity index (χ3n) is 4.75. The van der Waals surface area contributed by atoms with E-state index < -0.39 is 0 Å². The van der Waals surface area contributed by atoms with E-state index in [2.05, 4.69) is 34.6 Å². The van der Waals surface area contributed by atoms with Gasteiger partial charge in [0.15, 0.2) is 5.82 Å². The number of hydrogen-bond donors (Lipinski definition) is 1. The van der Waals surface area contributed by atoms with Gasteiger partial charge in [-0.3, -0.25) is 10.1 Å². The van der Waals surface area contributed by atoms with Crippen LogP contribution in [0.4, 0.5) is 5.95 Å². The second kappa shape index (κ2) is 5.81. The third-order valence-corrected chi connectivity index (χ3v) is 4.75. The first-order chi connectivity index (χ1) is 12.8. The molecule has 1 aliphatic rings. The van der Waals surface area contributed by atoms with Crippen LogP contribution in [0.2, 0.25) is 0 Å². The maximum atomic E-state index is 12.1. The Morgan fingerprint density at radius 3 is 2.54 bits per heavy atom. The molecule has 26 heavy (non-hydrogen) atoms. The van der Waals surface area contributed by atoms with Crippen LogP contribution in [0.1, 0.15) is 18.0 Å². The van der Waals surface area contributed by atoms with E-state index in [1.807, 2.05) is 53.2 Å². The number of nitrogens with one attached hydrogen (secondary N) is 1. The highest BCUT2D eigenvalue weighted by molar-refractivity contribution is 5.91. The average Bonchev–Trinajstić information content (AvgIpc) is 3.11. The minimum Gasteiger partial charge on any atom is -0.295 e. The Kier molecular flexibility index (Phi) is 3.31. The van der Waals surface area contributed by atoms with Crippen LogP contribution in [-0.4, -0.2) is 20.7 Å². The van der Waals surface area contributed by atoms with Crippen molar-refractivity contribution in [3.8, 4) is 11.4 Å². The van der Waals surface area contributed by atoms with E-state index in [0.29, 0.717) is 18.2 Å². The van der Waals surface area contributed by atoms with Crippen LogP contribution in [0, 0.1) is 0 Å². The summed E-state index contributed by atoms with van der Waals surface area (Å²) < 4.78 is 1.82. The maximum absolute atomic E-state index is 12.1. The molecule has 0 saturated carbocycles. The number of nitrogens with zero attached hydrogens (tertiary/aromatic N) is 3. The largest absolute Gasteiger partial charge is 0.295 e. The summed E-state index contributed by atoms with van der Waals surface area (Å²) in [4.78, 5) is 16.7. The quantitative estimate of drug-likeness (QED) is 0.599. The van der Waals surface area contributed by atoms with Crippen molar-refractivity contribution in [3.63, 3.8) is 0 Å². The minimum absolute atomic E-state index is 0.0381. The van der Waals surface area contributed by atoms with Crippen molar-refractivity contribution in [2.45, 2.75) is 12.5 Å². The highest BCUT2D eigenvalue weighted by Crippen LogP contribution is 2.31. The van der Waals surface area contributed by atoms with Crippen molar-refractivity contribution < 1.29 is 4.79 Å². The number of benzene rings is 3. The molecule has 1 unspecified atom stereocenters. The monoisotopic (exact) mass is 340 g/mol. The fraction of sp³-hybridized carbons (Fsp3) is 0.0952. The molecule has 1 aliphatic heterocycles. The highest BCUT2D eigenvalue weighted by atomic mass is 16.2. The normalized spacial score (nSPS) is 16.3. The summed E-state index contributed by atoms with van der Waals surface area (Å²) in [6.45, 7) is 0. The van der Waals surface area contributed by atoms with Gasteiger partial charge in [0.05, 0.1) is 12.5 Å². The molecule has 0 spiro atoms. The first-order valence-electron chi connectivity index (χ1n) is 8.58. The summed E-state index contributed by atoms with van der Waals surface area (Å²) in [5.41, 5.74) is 1.99. The molecule has 3 aromatic carbocycles. The van der Waals surface area contributed by atoms with Gasteiger partial charge in [-0.15, -0.1) is 5.10 Å². The maximum Gasteiger partial charge on any atom is 0.229 e. The first kappa shape index (κ1) is 14.8. The van der Waals surface area contributed by atoms with Gasteiger partial charge in [0.25, 0.3) is 0 Å². The van der Waals surface area contributed by atoms with Gasteiger partial charge in [-0.1, -0.05) is 66.7 Å². The Labute approximate surface area is 150 Å². The molecule has 5 rings (SSSR count). The van der Waals surface area contributed by atoms with Gasteiger partial charge in [-0.05, 0) is 22.4 Å². The van der Waals surface area contributed by atoms with Crippen molar-refractivity contribution in [1.29, 1.82) is 0 Å². The van der Waals surface area contributed by atoms with Crippen LogP contribution in [-0.2, 0) is 4.79 Å². The molecule has 0 radical (unpaired) electrons. The lowest BCUT2D eigenvalue weighted by molar-refractivity contribution is -0.117. The molecule has 0 bridgehead atoms. The van der Waals surface area contributed by atoms with Crippen LogP contribution in [0.15, 0.2) is 72.8 Å². The first-order valence-corrected chi connectivity index (χ1v) is 8.58. The molecule has 1 aromatic heterocycles. The van der Waals surface area contributed by atoms with Crippen LogP contribution in [0.3, 0.4) is 0 Å². The number of hydrogen-bond acceptors (Lipinski definition) is 3. The SMILES string of the molecule is O=C1CC(c2ccccc2)n2nc(-c3ccc4ccccc4c3)nc2N1. The van der Waals surface area contributed by atoms with Gasteiger partial charge in [-0.2, -0.15) is 4.98 Å². The Balaban J connectivity index is 1.61. The van der Waals surface area contributed by atoms with Gasteiger partial charge >= 0.3 is 0 Å². The topological polar surface area (TPSA) is 59.8 Å². The molecule has 0 fully saturated rings. The molecule has 1 N–H and O–H groups in total. The number of carbonyl (C=O) groups is 1. The summed E-state index contributed by atoms with van der Waals surface area (Å²) in [5.74, 6) is 1.08. The average molecular weight is 340 g/mol. The van der Waals surface area contributed by atoms with Crippen molar-refractivity contribution in [2.24, 2.45) is 0 Å². The Bertz CT molecular complexity index is 1120. The molecule has 1 amide bonds. The fourth-order valence-corrected chi connectivity index (χ4v) is 3.45. The van der Waals surface area contributed by atoms with E-state index in [4.69, 9.17) is 5.10 Å². The van der Waals surface area contributed by atoms with Crippen molar-refractivity contribution in [3.05, 3.63) is 78.4 Å². The molecule has 5 nitrogen and oxygen atoms in total. The lowest BCUT2D eigenvalue weighted by atomic mass is 10.0. The van der Waals surface area contributed by atoms with Crippen LogP contribution < -0.4 is 5.32 Å². The Hall–Kier alpha value is -3.47. The zero-order valence-electron chi connectivity index (χ0n) is 14.0. The Morgan fingerprint density at radius 2 is 1.69 bits per heavy atom. The summed E-state index contributed by atoms with van der Waals surface area (Å²) in [7, 11) is 0. The number of amides is 1. The Morgan fingerprint density at radius 1 is 0.923 bits per heavy atom. The molecule has 0 saturated heterocycles. The van der Waals surface area contributed by atoms with Gasteiger partial charge in [0, 0.05) is 5.56 Å². The highest BCUT2D eigenvalue weighted by Gasteiger charge is 2.29. The number of rotatable bonds is 2. The third kappa shape index (κ3) is 2.45. The van der Waals surface area contributed by atoms with Gasteiger partial charge in [0.1, 0.15) is 0 Å². The molecule has 5 heteroatoms. The predicted molar refractivity (Wildman–Crippen MR) is 101 cm³/mol. The molecule has 126 valence electrons. The van der Waals surface area contributed by atoms with Crippen molar-refractivity contribution in [1.82, 2.24) is 14.8 Å². The number of fused-ring (bicyclic) bond motifs is 2. The molecular weight excluding hydrogens is 324 g/mol. The van der Waals surface area contributed by atoms with Gasteiger partial charge in [0.2, 0.25) is 11.9 Å². The van der Waals surface area contributed by atoms with E-state index >= 15 is 0 Å². The van der Waals surface area contributed by atoms with E-state index in [1.165, 1.54) is 5.39 Å². The standard InChI is InChI=1S/C21H16N4O/c26-19-13-18(15-7-2-1-3-8-15)25-21(22-19)23-20(24-25)17-11-10-14-6-4-5-9-16(14)12-17/h1-12,18H,13H2,(H,22,23,24,26). The van der Waals surface area contributed by atoms with E-state index in [0.717, 1.165) is 16.5 Å². The summed E-state index contributed by atoms with van der Waals surface area (Å²) in [6, 6.07) is 24.2. The summed E-state index contributed by atoms with van der Waals surface area (Å²) in [5, 5.41) is 9.87. The summed E-state index contributed by atoms with van der Waals surface area (Å²) >= 11 is 0. The zero-order chi connectivity index (χ0) is 17.5. The summed E-state index contributed by atoms with van der Waals surface area (Å²) in [6.07, 6.45) is 0.359. The predicted octanol–water partition coefficient (Wildman–Crippen LogP) is 4.03. The molecule has 0 aliphatic carbocycles. The second-order valence-corrected chi connectivity index (χ2v) is 6.44. The smallest absolute Gasteiger partial charge is 0.229 e. The fourth-order valence-electron chi connectivity index (χ4n) is 3.45. The van der Waals surface area contributed by atoms with Crippen molar-refractivity contribution >= 4 is 22.6 Å². The number of carbonyl (C=O) groups excluding carboxylic acids is 1. The molecule has 4 aromatic rings.